The van der Waals surface area contributed by atoms with Crippen LogP contribution in [-0.4, -0.2) is 31.8 Å². The van der Waals surface area contributed by atoms with Crippen LogP contribution >= 0.6 is 27.3 Å². The van der Waals surface area contributed by atoms with Crippen molar-refractivity contribution in [3.63, 3.8) is 0 Å². The number of anilines is 1. The number of thiophene rings is 1. The highest BCUT2D eigenvalue weighted by atomic mass is 79.9. The maximum Gasteiger partial charge on any atom is 0.350 e. The van der Waals surface area contributed by atoms with Crippen molar-refractivity contribution in [2.45, 2.75) is 45.4 Å². The molecular weight excluding hydrogens is 406 g/mol. The molecule has 0 radical (unpaired) electrons. The van der Waals surface area contributed by atoms with Crippen LogP contribution in [0.2, 0.25) is 0 Å². The fraction of sp³-hybridized carbons (Fsp3) is 0.611. The SMILES string of the molecule is COC(=O)c1sc(Br)cc1N(CCCC=O)C(=O)C1CCC(C)CC1. The number of nitrogens with zero attached hydrogens (tertiary/aromatic N) is 1. The molecule has 0 N–H and O–H groups in total. The molecule has 0 unspecified atom stereocenters. The molecule has 0 aromatic carbocycles. The minimum Gasteiger partial charge on any atom is -0.465 e. The first kappa shape index (κ1) is 20.1. The van der Waals surface area contributed by atoms with Gasteiger partial charge in [-0.1, -0.05) is 6.92 Å². The summed E-state index contributed by atoms with van der Waals surface area (Å²) in [5.74, 6) is 0.245. The van der Waals surface area contributed by atoms with Gasteiger partial charge in [0.2, 0.25) is 5.91 Å². The van der Waals surface area contributed by atoms with Crippen molar-refractivity contribution in [2.75, 3.05) is 18.6 Å². The second-order valence-corrected chi connectivity index (χ2v) is 8.94. The van der Waals surface area contributed by atoms with Gasteiger partial charge in [-0.2, -0.15) is 0 Å². The minimum atomic E-state index is -0.448. The van der Waals surface area contributed by atoms with Crippen molar-refractivity contribution >= 4 is 51.1 Å². The Labute approximate surface area is 160 Å². The topological polar surface area (TPSA) is 63.7 Å². The Balaban J connectivity index is 2.27. The van der Waals surface area contributed by atoms with Crippen LogP contribution in [0.25, 0.3) is 0 Å². The van der Waals surface area contributed by atoms with Crippen LogP contribution in [0, 0.1) is 11.8 Å². The molecule has 2 rings (SSSR count). The molecule has 1 saturated carbocycles. The number of esters is 1. The van der Waals surface area contributed by atoms with E-state index in [0.29, 0.717) is 35.9 Å². The molecule has 1 aromatic heterocycles. The van der Waals surface area contributed by atoms with Crippen molar-refractivity contribution in [1.29, 1.82) is 0 Å². The van der Waals surface area contributed by atoms with Gasteiger partial charge in [-0.25, -0.2) is 4.79 Å². The first-order valence-electron chi connectivity index (χ1n) is 8.60. The predicted octanol–water partition coefficient (Wildman–Crippen LogP) is 4.44. The average molecular weight is 430 g/mol. The number of hydrogen-bond donors (Lipinski definition) is 0. The molecule has 1 heterocycles. The third-order valence-corrected chi connectivity index (χ3v) is 6.29. The maximum absolute atomic E-state index is 13.1. The van der Waals surface area contributed by atoms with E-state index in [9.17, 15) is 14.4 Å². The Kier molecular flexibility index (Phi) is 7.62. The van der Waals surface area contributed by atoms with E-state index in [0.717, 1.165) is 35.8 Å². The molecule has 0 saturated heterocycles. The van der Waals surface area contributed by atoms with Crippen LogP contribution in [0.1, 0.15) is 55.1 Å². The number of aldehydes is 1. The zero-order valence-corrected chi connectivity index (χ0v) is 17.0. The zero-order valence-electron chi connectivity index (χ0n) is 14.6. The molecule has 1 fully saturated rings. The summed E-state index contributed by atoms with van der Waals surface area (Å²) in [5.41, 5.74) is 0.582. The summed E-state index contributed by atoms with van der Waals surface area (Å²) >= 11 is 4.66. The lowest BCUT2D eigenvalue weighted by atomic mass is 9.82. The van der Waals surface area contributed by atoms with E-state index in [2.05, 4.69) is 22.9 Å². The first-order chi connectivity index (χ1) is 12.0. The smallest absolute Gasteiger partial charge is 0.350 e. The Morgan fingerprint density at radius 1 is 1.36 bits per heavy atom. The molecule has 0 atom stereocenters. The predicted molar refractivity (Wildman–Crippen MR) is 102 cm³/mol. The third kappa shape index (κ3) is 5.14. The van der Waals surface area contributed by atoms with Crippen LogP contribution in [0.4, 0.5) is 5.69 Å². The lowest BCUT2D eigenvalue weighted by Gasteiger charge is -2.31. The van der Waals surface area contributed by atoms with Crippen LogP contribution < -0.4 is 4.90 Å². The largest absolute Gasteiger partial charge is 0.465 e. The van der Waals surface area contributed by atoms with Crippen LogP contribution in [0.3, 0.4) is 0 Å². The molecule has 1 aromatic rings. The fourth-order valence-corrected chi connectivity index (χ4v) is 4.71. The molecule has 0 bridgehead atoms. The first-order valence-corrected chi connectivity index (χ1v) is 10.2. The summed E-state index contributed by atoms with van der Waals surface area (Å²) in [4.78, 5) is 38.0. The van der Waals surface area contributed by atoms with E-state index in [-0.39, 0.29) is 11.8 Å². The Hall–Kier alpha value is -1.21. The van der Waals surface area contributed by atoms with Gasteiger partial charge in [0.05, 0.1) is 16.6 Å². The van der Waals surface area contributed by atoms with E-state index in [4.69, 9.17) is 4.74 Å². The number of carbonyl (C=O) groups excluding carboxylic acids is 3. The van der Waals surface area contributed by atoms with Gasteiger partial charge in [0.1, 0.15) is 11.2 Å². The van der Waals surface area contributed by atoms with Crippen molar-refractivity contribution < 1.29 is 19.1 Å². The Morgan fingerprint density at radius 2 is 2.04 bits per heavy atom. The molecular formula is C18H24BrNO4S. The molecule has 5 nitrogen and oxygen atoms in total. The Bertz CT molecular complexity index is 623. The van der Waals surface area contributed by atoms with Gasteiger partial charge in [0.15, 0.2) is 0 Å². The normalized spacial score (nSPS) is 20.1. The van der Waals surface area contributed by atoms with Crippen molar-refractivity contribution in [3.8, 4) is 0 Å². The molecule has 25 heavy (non-hydrogen) atoms. The van der Waals surface area contributed by atoms with Gasteiger partial charge in [0.25, 0.3) is 0 Å². The third-order valence-electron chi connectivity index (χ3n) is 4.68. The quantitative estimate of drug-likeness (QED) is 0.365. The maximum atomic E-state index is 13.1. The highest BCUT2D eigenvalue weighted by Gasteiger charge is 2.31. The second-order valence-electron chi connectivity index (χ2n) is 6.51. The second kappa shape index (κ2) is 9.48. The van der Waals surface area contributed by atoms with Crippen LogP contribution in [-0.2, 0) is 14.3 Å². The highest BCUT2D eigenvalue weighted by molar-refractivity contribution is 9.11. The number of ether oxygens (including phenoxy) is 1. The van der Waals surface area contributed by atoms with Crippen molar-refractivity contribution in [1.82, 2.24) is 0 Å². The van der Waals surface area contributed by atoms with Gasteiger partial charge in [0, 0.05) is 18.9 Å². The average Bonchev–Trinajstić information content (AvgIpc) is 2.99. The molecule has 7 heteroatoms. The Morgan fingerprint density at radius 3 is 2.64 bits per heavy atom. The summed E-state index contributed by atoms with van der Waals surface area (Å²) in [6, 6.07) is 1.79. The summed E-state index contributed by atoms with van der Waals surface area (Å²) in [5, 5.41) is 0. The molecule has 0 spiro atoms. The zero-order chi connectivity index (χ0) is 18.4. The van der Waals surface area contributed by atoms with E-state index in [1.807, 2.05) is 0 Å². The van der Waals surface area contributed by atoms with E-state index in [1.54, 1.807) is 11.0 Å². The monoisotopic (exact) mass is 429 g/mol. The van der Waals surface area contributed by atoms with E-state index < -0.39 is 5.97 Å². The lowest BCUT2D eigenvalue weighted by molar-refractivity contribution is -0.123. The molecule has 1 aliphatic carbocycles. The summed E-state index contributed by atoms with van der Waals surface area (Å²) in [6.45, 7) is 2.64. The molecule has 1 aliphatic rings. The van der Waals surface area contributed by atoms with E-state index in [1.165, 1.54) is 18.4 Å². The van der Waals surface area contributed by atoms with Gasteiger partial charge >= 0.3 is 5.97 Å². The lowest BCUT2D eigenvalue weighted by Crippen LogP contribution is -2.39. The summed E-state index contributed by atoms with van der Waals surface area (Å²) < 4.78 is 5.63. The van der Waals surface area contributed by atoms with Crippen LogP contribution in [0.15, 0.2) is 9.85 Å². The summed E-state index contributed by atoms with van der Waals surface area (Å²) in [7, 11) is 1.33. The fourth-order valence-electron chi connectivity index (χ4n) is 3.20. The molecule has 1 amide bonds. The van der Waals surface area contributed by atoms with Gasteiger partial charge < -0.3 is 14.4 Å². The number of methoxy groups -OCH3 is 1. The van der Waals surface area contributed by atoms with Crippen molar-refractivity contribution in [2.24, 2.45) is 11.8 Å². The van der Waals surface area contributed by atoms with Gasteiger partial charge in [-0.05, 0) is 60.0 Å². The molecule has 138 valence electrons. The minimum absolute atomic E-state index is 0.0170. The van der Waals surface area contributed by atoms with Crippen LogP contribution in [0.5, 0.6) is 0 Å². The number of carbonyl (C=O) groups is 3. The van der Waals surface area contributed by atoms with E-state index >= 15 is 0 Å². The number of rotatable bonds is 7. The standard InChI is InChI=1S/C18H24BrNO4S/c1-12-5-7-13(8-6-12)17(22)20(9-3-4-10-21)14-11-15(19)25-16(14)18(23)24-2/h10-13H,3-9H2,1-2H3. The number of unbranched alkanes of at least 4 members (excludes halogenated alkanes) is 1. The number of amides is 1. The van der Waals surface area contributed by atoms with Gasteiger partial charge in [-0.15, -0.1) is 11.3 Å². The number of hydrogen-bond acceptors (Lipinski definition) is 5. The molecule has 0 aliphatic heterocycles. The van der Waals surface area contributed by atoms with Crippen molar-refractivity contribution in [3.05, 3.63) is 14.7 Å². The summed E-state index contributed by atoms with van der Waals surface area (Å²) in [6.07, 6.45) is 5.68. The van der Waals surface area contributed by atoms with Gasteiger partial charge in [-0.3, -0.25) is 4.79 Å². The highest BCUT2D eigenvalue weighted by Crippen LogP contribution is 2.37. The number of halogens is 1.